The number of aryl methyl sites for hydroxylation is 1. The largest absolute Gasteiger partial charge is 0.416 e. The van der Waals surface area contributed by atoms with Crippen LogP contribution >= 0.6 is 22.7 Å². The summed E-state index contributed by atoms with van der Waals surface area (Å²) in [5.41, 5.74) is 3.74. The SMILES string of the molecule is O=C(Nc1ccc2ncsc2c1)c1csc(C2CCN(C(=O)CCc3ccc(C(F)(F)F)cc3)CC2)n1. The summed E-state index contributed by atoms with van der Waals surface area (Å²) in [7, 11) is 0. The van der Waals surface area contributed by atoms with Gasteiger partial charge in [-0.2, -0.15) is 13.2 Å². The summed E-state index contributed by atoms with van der Waals surface area (Å²) in [4.78, 5) is 36.0. The van der Waals surface area contributed by atoms with E-state index in [0.717, 1.165) is 40.2 Å². The Labute approximate surface area is 219 Å². The van der Waals surface area contributed by atoms with Crippen molar-refractivity contribution in [3.8, 4) is 0 Å². The molecule has 37 heavy (non-hydrogen) atoms. The minimum Gasteiger partial charge on any atom is -0.343 e. The average molecular weight is 545 g/mol. The molecular formula is C26H23F3N4O2S2. The molecule has 0 spiro atoms. The molecule has 2 aromatic heterocycles. The molecule has 2 amide bonds. The number of carbonyl (C=O) groups is 2. The number of fused-ring (bicyclic) bond motifs is 1. The van der Waals surface area contributed by atoms with Crippen LogP contribution in [0.25, 0.3) is 10.2 Å². The summed E-state index contributed by atoms with van der Waals surface area (Å²) in [6.07, 6.45) is -2.20. The van der Waals surface area contributed by atoms with Crippen LogP contribution in [0.3, 0.4) is 0 Å². The molecule has 0 unspecified atom stereocenters. The fraction of sp³-hybridized carbons (Fsp3) is 0.308. The lowest BCUT2D eigenvalue weighted by Gasteiger charge is -2.31. The molecule has 0 saturated carbocycles. The van der Waals surface area contributed by atoms with Crippen molar-refractivity contribution in [2.24, 2.45) is 0 Å². The first-order chi connectivity index (χ1) is 17.8. The van der Waals surface area contributed by atoms with Crippen LogP contribution in [0.1, 0.15) is 51.8 Å². The summed E-state index contributed by atoms with van der Waals surface area (Å²) < 4.78 is 39.1. The minimum atomic E-state index is -4.36. The molecule has 0 bridgehead atoms. The van der Waals surface area contributed by atoms with E-state index in [1.165, 1.54) is 34.8 Å². The van der Waals surface area contributed by atoms with E-state index in [4.69, 9.17) is 0 Å². The zero-order valence-corrected chi connectivity index (χ0v) is 21.3. The number of nitrogens with one attached hydrogen (secondary N) is 1. The zero-order chi connectivity index (χ0) is 26.0. The number of rotatable bonds is 6. The van der Waals surface area contributed by atoms with E-state index in [1.807, 2.05) is 18.2 Å². The molecule has 1 saturated heterocycles. The number of benzene rings is 2. The second-order valence-corrected chi connectivity index (χ2v) is 10.7. The average Bonchev–Trinajstić information content (AvgIpc) is 3.57. The Balaban J connectivity index is 1.10. The number of piperidine rings is 1. The van der Waals surface area contributed by atoms with Gasteiger partial charge >= 0.3 is 6.18 Å². The Kier molecular flexibility index (Phi) is 7.25. The van der Waals surface area contributed by atoms with Crippen LogP contribution in [0.5, 0.6) is 0 Å². The summed E-state index contributed by atoms with van der Waals surface area (Å²) in [5.74, 6) is -0.0863. The first-order valence-electron chi connectivity index (χ1n) is 11.8. The van der Waals surface area contributed by atoms with Gasteiger partial charge in [0.1, 0.15) is 5.69 Å². The highest BCUT2D eigenvalue weighted by molar-refractivity contribution is 7.16. The normalized spacial score (nSPS) is 14.7. The fourth-order valence-electron chi connectivity index (χ4n) is 4.35. The molecule has 3 heterocycles. The fourth-order valence-corrected chi connectivity index (χ4v) is 6.04. The third kappa shape index (κ3) is 5.99. The lowest BCUT2D eigenvalue weighted by molar-refractivity contribution is -0.137. The van der Waals surface area contributed by atoms with E-state index in [-0.39, 0.29) is 24.2 Å². The van der Waals surface area contributed by atoms with Crippen molar-refractivity contribution in [2.75, 3.05) is 18.4 Å². The Morgan fingerprint density at radius 1 is 1.05 bits per heavy atom. The van der Waals surface area contributed by atoms with Crippen molar-refractivity contribution >= 4 is 50.4 Å². The summed E-state index contributed by atoms with van der Waals surface area (Å²) >= 11 is 2.97. The summed E-state index contributed by atoms with van der Waals surface area (Å²) in [6.45, 7) is 1.18. The molecule has 0 aliphatic carbocycles. The van der Waals surface area contributed by atoms with Crippen molar-refractivity contribution in [1.82, 2.24) is 14.9 Å². The second kappa shape index (κ2) is 10.6. The van der Waals surface area contributed by atoms with Gasteiger partial charge in [0.15, 0.2) is 0 Å². The molecule has 2 aromatic carbocycles. The number of anilines is 1. The molecular weight excluding hydrogens is 521 g/mol. The quantitative estimate of drug-likeness (QED) is 0.306. The third-order valence-electron chi connectivity index (χ3n) is 6.45. The predicted molar refractivity (Wildman–Crippen MR) is 138 cm³/mol. The van der Waals surface area contributed by atoms with E-state index >= 15 is 0 Å². The van der Waals surface area contributed by atoms with E-state index in [1.54, 1.807) is 15.8 Å². The van der Waals surface area contributed by atoms with Gasteiger partial charge in [-0.1, -0.05) is 12.1 Å². The maximum Gasteiger partial charge on any atom is 0.416 e. The van der Waals surface area contributed by atoms with Gasteiger partial charge < -0.3 is 10.2 Å². The summed E-state index contributed by atoms with van der Waals surface area (Å²) in [5, 5.41) is 5.54. The van der Waals surface area contributed by atoms with E-state index < -0.39 is 11.7 Å². The highest BCUT2D eigenvalue weighted by atomic mass is 32.1. The predicted octanol–water partition coefficient (Wildman–Crippen LogP) is 6.36. The van der Waals surface area contributed by atoms with Crippen molar-refractivity contribution < 1.29 is 22.8 Å². The van der Waals surface area contributed by atoms with Gasteiger partial charge in [-0.05, 0) is 55.2 Å². The zero-order valence-electron chi connectivity index (χ0n) is 19.6. The number of carbonyl (C=O) groups excluding carboxylic acids is 2. The first-order valence-corrected chi connectivity index (χ1v) is 13.6. The topological polar surface area (TPSA) is 75.2 Å². The lowest BCUT2D eigenvalue weighted by atomic mass is 9.97. The van der Waals surface area contributed by atoms with Crippen LogP contribution in [0.4, 0.5) is 18.9 Å². The van der Waals surface area contributed by atoms with Crippen LogP contribution in [-0.2, 0) is 17.4 Å². The Bertz CT molecular complexity index is 1410. The van der Waals surface area contributed by atoms with Crippen LogP contribution in [0.2, 0.25) is 0 Å². The van der Waals surface area contributed by atoms with Crippen LogP contribution < -0.4 is 5.32 Å². The molecule has 1 aliphatic heterocycles. The number of halogens is 3. The maximum absolute atomic E-state index is 12.7. The van der Waals surface area contributed by atoms with E-state index in [2.05, 4.69) is 15.3 Å². The molecule has 192 valence electrons. The van der Waals surface area contributed by atoms with Gasteiger partial charge in [-0.25, -0.2) is 9.97 Å². The van der Waals surface area contributed by atoms with Gasteiger partial charge in [0.2, 0.25) is 5.91 Å². The van der Waals surface area contributed by atoms with E-state index in [0.29, 0.717) is 36.5 Å². The Hall–Kier alpha value is -3.31. The second-order valence-electron chi connectivity index (χ2n) is 8.91. The monoisotopic (exact) mass is 544 g/mol. The van der Waals surface area contributed by atoms with Gasteiger partial charge in [0, 0.05) is 36.5 Å². The Morgan fingerprint density at radius 3 is 2.54 bits per heavy atom. The van der Waals surface area contributed by atoms with Crippen LogP contribution in [-0.4, -0.2) is 39.8 Å². The number of amides is 2. The molecule has 11 heteroatoms. The van der Waals surface area contributed by atoms with Crippen molar-refractivity contribution in [3.63, 3.8) is 0 Å². The Morgan fingerprint density at radius 2 is 1.81 bits per heavy atom. The van der Waals surface area contributed by atoms with Gasteiger partial charge in [0.25, 0.3) is 5.91 Å². The number of hydrogen-bond donors (Lipinski definition) is 1. The molecule has 0 atom stereocenters. The van der Waals surface area contributed by atoms with Crippen molar-refractivity contribution in [2.45, 2.75) is 37.8 Å². The van der Waals surface area contributed by atoms with Crippen molar-refractivity contribution in [1.29, 1.82) is 0 Å². The van der Waals surface area contributed by atoms with Gasteiger partial charge in [0.05, 0.1) is 26.3 Å². The number of thiazole rings is 2. The minimum absolute atomic E-state index is 0.00420. The molecule has 1 fully saturated rings. The maximum atomic E-state index is 12.7. The standard InChI is InChI=1S/C26H23F3N4O2S2/c27-26(28,29)18-4-1-16(2-5-18)3-8-23(34)33-11-9-17(10-12-33)25-32-21(14-36-25)24(35)31-19-6-7-20-22(13-19)37-15-30-20/h1-2,4-7,13-15,17H,3,8-12H2,(H,31,35). The lowest BCUT2D eigenvalue weighted by Crippen LogP contribution is -2.38. The van der Waals surface area contributed by atoms with Crippen LogP contribution in [0.15, 0.2) is 53.4 Å². The number of hydrogen-bond acceptors (Lipinski definition) is 6. The van der Waals surface area contributed by atoms with Crippen LogP contribution in [0, 0.1) is 0 Å². The smallest absolute Gasteiger partial charge is 0.343 e. The van der Waals surface area contributed by atoms with Gasteiger partial charge in [-0.3, -0.25) is 9.59 Å². The van der Waals surface area contributed by atoms with E-state index in [9.17, 15) is 22.8 Å². The first kappa shape index (κ1) is 25.3. The highest BCUT2D eigenvalue weighted by Gasteiger charge is 2.30. The number of alkyl halides is 3. The molecule has 1 N–H and O–H groups in total. The van der Waals surface area contributed by atoms with Gasteiger partial charge in [-0.15, -0.1) is 22.7 Å². The molecule has 0 radical (unpaired) electrons. The highest BCUT2D eigenvalue weighted by Crippen LogP contribution is 2.32. The number of nitrogens with zero attached hydrogens (tertiary/aromatic N) is 3. The third-order valence-corrected chi connectivity index (χ3v) is 8.25. The van der Waals surface area contributed by atoms with Crippen molar-refractivity contribution in [3.05, 3.63) is 75.2 Å². The molecule has 5 rings (SSSR count). The summed E-state index contributed by atoms with van der Waals surface area (Å²) in [6, 6.07) is 10.5. The molecule has 1 aliphatic rings. The number of likely N-dealkylation sites (tertiary alicyclic amines) is 1. The molecule has 4 aromatic rings. The number of aromatic nitrogens is 2. The molecule has 6 nitrogen and oxygen atoms in total.